The van der Waals surface area contributed by atoms with Crippen LogP contribution in [0.2, 0.25) is 0 Å². The first-order valence-corrected chi connectivity index (χ1v) is 8.46. The van der Waals surface area contributed by atoms with E-state index in [9.17, 15) is 19.5 Å². The molecule has 9 heteroatoms. The first-order valence-electron chi connectivity index (χ1n) is 8.46. The van der Waals surface area contributed by atoms with Crippen molar-refractivity contribution in [3.63, 3.8) is 0 Å². The Kier molecular flexibility index (Phi) is 9.40. The van der Waals surface area contributed by atoms with Crippen molar-refractivity contribution in [2.45, 2.75) is 77.7 Å². The highest BCUT2D eigenvalue weighted by Crippen LogP contribution is 2.10. The first kappa shape index (κ1) is 24.0. The van der Waals surface area contributed by atoms with E-state index in [4.69, 9.17) is 9.47 Å². The molecule has 0 rings (SSSR count). The van der Waals surface area contributed by atoms with Gasteiger partial charge in [-0.1, -0.05) is 0 Å². The van der Waals surface area contributed by atoms with Gasteiger partial charge in [-0.05, 0) is 54.4 Å². The van der Waals surface area contributed by atoms with Gasteiger partial charge in [-0.25, -0.2) is 14.4 Å². The van der Waals surface area contributed by atoms with E-state index in [1.165, 1.54) is 7.11 Å². The highest BCUT2D eigenvalue weighted by atomic mass is 16.6. The third kappa shape index (κ3) is 12.3. The van der Waals surface area contributed by atoms with Crippen molar-refractivity contribution < 1.29 is 33.7 Å². The Hall–Kier alpha value is -2.03. The Labute approximate surface area is 154 Å². The van der Waals surface area contributed by atoms with E-state index in [-0.39, 0.29) is 19.4 Å². The third-order valence-corrected chi connectivity index (χ3v) is 2.85. The fourth-order valence-electron chi connectivity index (χ4n) is 1.82. The second kappa shape index (κ2) is 10.2. The van der Waals surface area contributed by atoms with Crippen LogP contribution in [-0.4, -0.2) is 60.3 Å². The average Bonchev–Trinajstić information content (AvgIpc) is 2.44. The van der Waals surface area contributed by atoms with Gasteiger partial charge in [0.05, 0.1) is 13.2 Å². The van der Waals surface area contributed by atoms with Crippen molar-refractivity contribution in [3.8, 4) is 0 Å². The Morgan fingerprint density at radius 3 is 1.88 bits per heavy atom. The van der Waals surface area contributed by atoms with Gasteiger partial charge in [0, 0.05) is 6.54 Å². The summed E-state index contributed by atoms with van der Waals surface area (Å²) in [5, 5.41) is 14.8. The SMILES string of the molecule is COC(=O)[C@H](CC[C@@H](O)CNC(=O)OC(C)(C)C)NC(=O)OC(C)(C)C. The first-order chi connectivity index (χ1) is 11.7. The van der Waals surface area contributed by atoms with Crippen molar-refractivity contribution in [1.29, 1.82) is 0 Å². The molecule has 3 N–H and O–H groups in total. The summed E-state index contributed by atoms with van der Waals surface area (Å²) in [6.45, 7) is 10.2. The zero-order valence-corrected chi connectivity index (χ0v) is 16.7. The fraction of sp³-hybridized carbons (Fsp3) is 0.824. The molecule has 0 aliphatic carbocycles. The molecule has 9 nitrogen and oxygen atoms in total. The molecule has 0 saturated carbocycles. The van der Waals surface area contributed by atoms with E-state index >= 15 is 0 Å². The van der Waals surface area contributed by atoms with E-state index < -0.39 is 41.5 Å². The number of nitrogens with one attached hydrogen (secondary N) is 2. The lowest BCUT2D eigenvalue weighted by atomic mass is 10.1. The normalized spacial score (nSPS) is 14.0. The molecule has 0 unspecified atom stereocenters. The Bertz CT molecular complexity index is 480. The smallest absolute Gasteiger partial charge is 0.408 e. The van der Waals surface area contributed by atoms with Gasteiger partial charge in [0.25, 0.3) is 0 Å². The van der Waals surface area contributed by atoms with Crippen LogP contribution in [0.4, 0.5) is 9.59 Å². The van der Waals surface area contributed by atoms with Crippen LogP contribution < -0.4 is 10.6 Å². The molecule has 2 amide bonds. The lowest BCUT2D eigenvalue weighted by Gasteiger charge is -2.23. The number of methoxy groups -OCH3 is 1. The summed E-state index contributed by atoms with van der Waals surface area (Å²) < 4.78 is 14.8. The van der Waals surface area contributed by atoms with Gasteiger partial charge in [-0.15, -0.1) is 0 Å². The molecule has 0 aromatic heterocycles. The topological polar surface area (TPSA) is 123 Å². The zero-order valence-electron chi connectivity index (χ0n) is 16.7. The summed E-state index contributed by atoms with van der Waals surface area (Å²) in [5.74, 6) is -0.650. The maximum Gasteiger partial charge on any atom is 0.408 e. The second-order valence-corrected chi connectivity index (χ2v) is 7.84. The van der Waals surface area contributed by atoms with Crippen molar-refractivity contribution in [3.05, 3.63) is 0 Å². The molecule has 0 aliphatic heterocycles. The average molecular weight is 376 g/mol. The highest BCUT2D eigenvalue weighted by molar-refractivity contribution is 5.81. The minimum atomic E-state index is -0.967. The number of esters is 1. The number of rotatable bonds is 7. The predicted octanol–water partition coefficient (Wildman–Crippen LogP) is 1.72. The molecule has 0 aliphatic rings. The van der Waals surface area contributed by atoms with Gasteiger partial charge in [-0.3, -0.25) is 0 Å². The standard InChI is InChI=1S/C17H32N2O7/c1-16(2,3)25-14(22)18-10-11(20)8-9-12(13(21)24-7)19-15(23)26-17(4,5)6/h11-12,20H,8-10H2,1-7H3,(H,18,22)(H,19,23)/t11-,12+/m1/s1. The zero-order chi connectivity index (χ0) is 20.5. The molecule has 0 fully saturated rings. The summed E-state index contributed by atoms with van der Waals surface area (Å²) in [4.78, 5) is 35.1. The van der Waals surface area contributed by atoms with E-state index in [0.29, 0.717) is 0 Å². The molecule has 2 atom stereocenters. The quantitative estimate of drug-likeness (QED) is 0.456. The lowest BCUT2D eigenvalue weighted by Crippen LogP contribution is -2.44. The van der Waals surface area contributed by atoms with Crippen molar-refractivity contribution in [2.75, 3.05) is 13.7 Å². The summed E-state index contributed by atoms with van der Waals surface area (Å²) in [7, 11) is 1.20. The maximum absolute atomic E-state index is 11.8. The predicted molar refractivity (Wildman–Crippen MR) is 94.7 cm³/mol. The number of aliphatic hydroxyl groups excluding tert-OH is 1. The lowest BCUT2D eigenvalue weighted by molar-refractivity contribution is -0.143. The van der Waals surface area contributed by atoms with E-state index in [0.717, 1.165) is 0 Å². The molecule has 0 saturated heterocycles. The monoisotopic (exact) mass is 376 g/mol. The second-order valence-electron chi connectivity index (χ2n) is 7.84. The molecule has 0 aromatic carbocycles. The van der Waals surface area contributed by atoms with E-state index in [2.05, 4.69) is 15.4 Å². The van der Waals surface area contributed by atoms with Crippen LogP contribution in [-0.2, 0) is 19.0 Å². The number of alkyl carbamates (subject to hydrolysis) is 2. The van der Waals surface area contributed by atoms with Gasteiger partial charge in [0.2, 0.25) is 0 Å². The largest absolute Gasteiger partial charge is 0.467 e. The van der Waals surface area contributed by atoms with Crippen molar-refractivity contribution in [1.82, 2.24) is 10.6 Å². The van der Waals surface area contributed by atoms with Crippen molar-refractivity contribution in [2.24, 2.45) is 0 Å². The van der Waals surface area contributed by atoms with E-state index in [1.54, 1.807) is 41.5 Å². The van der Waals surface area contributed by atoms with Crippen LogP contribution in [0.25, 0.3) is 0 Å². The van der Waals surface area contributed by atoms with Gasteiger partial charge >= 0.3 is 18.2 Å². The third-order valence-electron chi connectivity index (χ3n) is 2.85. The number of carbonyl (C=O) groups is 3. The fourth-order valence-corrected chi connectivity index (χ4v) is 1.82. The van der Waals surface area contributed by atoms with Crippen molar-refractivity contribution >= 4 is 18.2 Å². The van der Waals surface area contributed by atoms with Crippen LogP contribution in [0, 0.1) is 0 Å². The molecule has 0 radical (unpaired) electrons. The Morgan fingerprint density at radius 2 is 1.42 bits per heavy atom. The number of hydrogen-bond donors (Lipinski definition) is 3. The Morgan fingerprint density at radius 1 is 0.923 bits per heavy atom. The molecular weight excluding hydrogens is 344 g/mol. The number of amides is 2. The Balaban J connectivity index is 4.45. The number of aliphatic hydroxyl groups is 1. The van der Waals surface area contributed by atoms with Crippen LogP contribution >= 0.6 is 0 Å². The van der Waals surface area contributed by atoms with E-state index in [1.807, 2.05) is 0 Å². The van der Waals surface area contributed by atoms with Crippen LogP contribution in [0.1, 0.15) is 54.4 Å². The van der Waals surface area contributed by atoms with Gasteiger partial charge in [-0.2, -0.15) is 0 Å². The summed E-state index contributed by atoms with van der Waals surface area (Å²) in [6.07, 6.45) is -2.06. The molecule has 0 aromatic rings. The molecule has 0 heterocycles. The summed E-state index contributed by atoms with van der Waals surface area (Å²) >= 11 is 0. The molecule has 0 spiro atoms. The number of ether oxygens (including phenoxy) is 3. The minimum Gasteiger partial charge on any atom is -0.467 e. The minimum absolute atomic E-state index is 0.0464. The van der Waals surface area contributed by atoms with Crippen LogP contribution in [0.5, 0.6) is 0 Å². The van der Waals surface area contributed by atoms with Crippen LogP contribution in [0.15, 0.2) is 0 Å². The molecule has 152 valence electrons. The number of hydrogen-bond acceptors (Lipinski definition) is 7. The van der Waals surface area contributed by atoms with Crippen LogP contribution in [0.3, 0.4) is 0 Å². The summed E-state index contributed by atoms with van der Waals surface area (Å²) in [5.41, 5.74) is -1.34. The maximum atomic E-state index is 11.8. The highest BCUT2D eigenvalue weighted by Gasteiger charge is 2.26. The molecule has 26 heavy (non-hydrogen) atoms. The van der Waals surface area contributed by atoms with Gasteiger partial charge in [0.15, 0.2) is 0 Å². The number of carbonyl (C=O) groups excluding carboxylic acids is 3. The summed E-state index contributed by atoms with van der Waals surface area (Å²) in [6, 6.07) is -0.967. The van der Waals surface area contributed by atoms with Gasteiger partial charge < -0.3 is 30.0 Å². The van der Waals surface area contributed by atoms with Gasteiger partial charge in [0.1, 0.15) is 17.2 Å². The molecular formula is C17H32N2O7. The molecule has 0 bridgehead atoms.